The quantitative estimate of drug-likeness (QED) is 0.129. The summed E-state index contributed by atoms with van der Waals surface area (Å²) in [4.78, 5) is 2.39. The van der Waals surface area contributed by atoms with Crippen LogP contribution < -0.4 is 4.90 Å². The van der Waals surface area contributed by atoms with E-state index >= 15 is 0 Å². The van der Waals surface area contributed by atoms with E-state index in [0.29, 0.717) is 0 Å². The Balaban J connectivity index is 0.876. The standard InChI is InChI=1S/C75H52N2O2/c1-49-17-8-9-23-59(49)73-53(34-33-50-18-4-2-5-19-50)20-14-26-60(73)51-35-41-57(42-36-51)76(58-43-37-52(38-44-58)61-27-15-28-64-63-25-11-13-31-70(63)79-75(61)64)69-30-16-32-72-74(69)66-48-55(40-46-71(66)78-72)54-39-45-68-65(47-54)62-24-10-12-29-67(62)77(68)56-21-6-3-7-22-56/h2-32,35-48H,33-34H2,1H3. The number of para-hydroxylation sites is 4. The van der Waals surface area contributed by atoms with Crippen LogP contribution in [0.3, 0.4) is 0 Å². The van der Waals surface area contributed by atoms with Crippen molar-refractivity contribution in [1.29, 1.82) is 0 Å². The van der Waals surface area contributed by atoms with E-state index < -0.39 is 0 Å². The van der Waals surface area contributed by atoms with Crippen LogP contribution in [-0.4, -0.2) is 4.57 Å². The topological polar surface area (TPSA) is 34.5 Å². The van der Waals surface area contributed by atoms with Crippen molar-refractivity contribution in [1.82, 2.24) is 4.57 Å². The maximum Gasteiger partial charge on any atom is 0.143 e. The van der Waals surface area contributed by atoms with Crippen molar-refractivity contribution in [2.45, 2.75) is 19.8 Å². The summed E-state index contributed by atoms with van der Waals surface area (Å²) in [5.41, 5.74) is 23.4. The highest BCUT2D eigenvalue weighted by Crippen LogP contribution is 2.47. The second-order valence-electron chi connectivity index (χ2n) is 20.7. The van der Waals surface area contributed by atoms with Crippen LogP contribution in [0.15, 0.2) is 282 Å². The number of rotatable bonds is 11. The summed E-state index contributed by atoms with van der Waals surface area (Å²) in [5.74, 6) is 0. The molecular formula is C75H52N2O2. The molecule has 12 aromatic carbocycles. The van der Waals surface area contributed by atoms with E-state index in [4.69, 9.17) is 8.83 Å². The normalized spacial score (nSPS) is 11.7. The third-order valence-corrected chi connectivity index (χ3v) is 16.1. The molecule has 4 heteroatoms. The van der Waals surface area contributed by atoms with Crippen LogP contribution in [0.2, 0.25) is 0 Å². The number of anilines is 3. The fourth-order valence-corrected chi connectivity index (χ4v) is 12.3. The maximum atomic E-state index is 6.79. The molecular weight excluding hydrogens is 961 g/mol. The van der Waals surface area contributed by atoms with Crippen molar-refractivity contribution in [2.75, 3.05) is 4.90 Å². The molecule has 15 rings (SSSR count). The summed E-state index contributed by atoms with van der Waals surface area (Å²) in [7, 11) is 0. The number of aromatic nitrogens is 1. The predicted molar refractivity (Wildman–Crippen MR) is 330 cm³/mol. The Kier molecular flexibility index (Phi) is 11.2. The highest BCUT2D eigenvalue weighted by Gasteiger charge is 2.23. The van der Waals surface area contributed by atoms with Crippen molar-refractivity contribution in [3.8, 4) is 50.2 Å². The minimum absolute atomic E-state index is 0.830. The van der Waals surface area contributed by atoms with E-state index in [1.54, 1.807) is 0 Å². The summed E-state index contributed by atoms with van der Waals surface area (Å²) in [6, 6.07) is 98.6. The zero-order valence-corrected chi connectivity index (χ0v) is 43.6. The van der Waals surface area contributed by atoms with Crippen molar-refractivity contribution in [3.05, 3.63) is 290 Å². The third kappa shape index (κ3) is 7.99. The Morgan fingerprint density at radius 2 is 0.937 bits per heavy atom. The van der Waals surface area contributed by atoms with Gasteiger partial charge in [0, 0.05) is 49.6 Å². The predicted octanol–water partition coefficient (Wildman–Crippen LogP) is 20.8. The average Bonchev–Trinajstić information content (AvgIpc) is 4.31. The maximum absolute atomic E-state index is 6.79. The van der Waals surface area contributed by atoms with Gasteiger partial charge in [0.25, 0.3) is 0 Å². The summed E-state index contributed by atoms with van der Waals surface area (Å²) in [6.07, 6.45) is 1.90. The first-order chi connectivity index (χ1) is 39.1. The smallest absolute Gasteiger partial charge is 0.143 e. The van der Waals surface area contributed by atoms with E-state index in [1.165, 1.54) is 60.8 Å². The Bertz CT molecular complexity index is 4770. The molecule has 0 unspecified atom stereocenters. The Morgan fingerprint density at radius 3 is 1.73 bits per heavy atom. The van der Waals surface area contributed by atoms with Gasteiger partial charge in [0.2, 0.25) is 0 Å². The molecule has 0 saturated carbocycles. The first kappa shape index (κ1) is 46.2. The van der Waals surface area contributed by atoms with Gasteiger partial charge in [-0.3, -0.25) is 0 Å². The molecule has 0 aliphatic carbocycles. The molecule has 15 aromatic rings. The van der Waals surface area contributed by atoms with Crippen LogP contribution >= 0.6 is 0 Å². The molecule has 0 saturated heterocycles. The lowest BCUT2D eigenvalue weighted by atomic mass is 9.86. The van der Waals surface area contributed by atoms with Crippen LogP contribution in [0.1, 0.15) is 16.7 Å². The van der Waals surface area contributed by atoms with Gasteiger partial charge in [-0.2, -0.15) is 0 Å². The molecule has 0 N–H and O–H groups in total. The lowest BCUT2D eigenvalue weighted by molar-refractivity contribution is 0.669. The monoisotopic (exact) mass is 1010 g/mol. The fraction of sp³-hybridized carbons (Fsp3) is 0.0400. The van der Waals surface area contributed by atoms with Gasteiger partial charge in [-0.15, -0.1) is 0 Å². The lowest BCUT2D eigenvalue weighted by Gasteiger charge is -2.27. The molecule has 0 fully saturated rings. The average molecular weight is 1010 g/mol. The Morgan fingerprint density at radius 1 is 0.367 bits per heavy atom. The Hall–Kier alpha value is -10.2. The number of fused-ring (bicyclic) bond motifs is 9. The molecule has 0 amide bonds. The number of nitrogens with zero attached hydrogens (tertiary/aromatic N) is 2. The van der Waals surface area contributed by atoms with E-state index in [2.05, 4.69) is 277 Å². The number of hydrogen-bond acceptors (Lipinski definition) is 3. The zero-order valence-electron chi connectivity index (χ0n) is 43.6. The molecule has 4 nitrogen and oxygen atoms in total. The second-order valence-corrected chi connectivity index (χ2v) is 20.7. The van der Waals surface area contributed by atoms with Gasteiger partial charge in [0.1, 0.15) is 22.3 Å². The molecule has 0 aliphatic heterocycles. The number of hydrogen-bond donors (Lipinski definition) is 0. The first-order valence-corrected chi connectivity index (χ1v) is 27.3. The summed E-state index contributed by atoms with van der Waals surface area (Å²) in [6.45, 7) is 2.23. The molecule has 0 radical (unpaired) electrons. The van der Waals surface area contributed by atoms with Crippen LogP contribution in [0, 0.1) is 6.92 Å². The SMILES string of the molecule is Cc1ccccc1-c1c(CCc2ccccc2)cccc1-c1ccc(N(c2ccc(-c3cccc4c3oc3ccccc34)cc2)c2cccc3oc4ccc(-c5ccc6c(c5)c5ccccc5n6-c5ccccc5)cc4c23)cc1. The summed E-state index contributed by atoms with van der Waals surface area (Å²) in [5, 5.41) is 6.78. The highest BCUT2D eigenvalue weighted by molar-refractivity contribution is 6.15. The van der Waals surface area contributed by atoms with Gasteiger partial charge in [-0.25, -0.2) is 0 Å². The van der Waals surface area contributed by atoms with E-state index in [9.17, 15) is 0 Å². The third-order valence-electron chi connectivity index (χ3n) is 16.1. The van der Waals surface area contributed by atoms with E-state index in [1.807, 2.05) is 12.1 Å². The number of benzene rings is 12. The summed E-state index contributed by atoms with van der Waals surface area (Å²) >= 11 is 0. The van der Waals surface area contributed by atoms with Crippen LogP contribution in [-0.2, 0) is 12.8 Å². The van der Waals surface area contributed by atoms with Gasteiger partial charge in [0.05, 0.1) is 22.1 Å². The molecule has 0 spiro atoms. The zero-order chi connectivity index (χ0) is 52.4. The van der Waals surface area contributed by atoms with E-state index in [-0.39, 0.29) is 0 Å². The van der Waals surface area contributed by atoms with Crippen LogP contribution in [0.4, 0.5) is 17.1 Å². The van der Waals surface area contributed by atoms with Gasteiger partial charge < -0.3 is 18.3 Å². The minimum Gasteiger partial charge on any atom is -0.456 e. The van der Waals surface area contributed by atoms with Gasteiger partial charge in [0.15, 0.2) is 0 Å². The summed E-state index contributed by atoms with van der Waals surface area (Å²) < 4.78 is 15.7. The fourth-order valence-electron chi connectivity index (χ4n) is 12.3. The van der Waals surface area contributed by atoms with Gasteiger partial charge in [-0.1, -0.05) is 188 Å². The highest BCUT2D eigenvalue weighted by atomic mass is 16.3. The number of furan rings is 2. The molecule has 374 valence electrons. The largest absolute Gasteiger partial charge is 0.456 e. The van der Waals surface area contributed by atoms with E-state index in [0.717, 1.165) is 102 Å². The molecule has 79 heavy (non-hydrogen) atoms. The van der Waals surface area contributed by atoms with Crippen molar-refractivity contribution < 1.29 is 8.83 Å². The Labute approximate surface area is 458 Å². The molecule has 3 heterocycles. The molecule has 0 atom stereocenters. The molecule has 0 aliphatic rings. The second kappa shape index (κ2) is 19.1. The molecule has 3 aromatic heterocycles. The van der Waals surface area contributed by atoms with Crippen molar-refractivity contribution >= 4 is 82.7 Å². The number of aryl methyl sites for hydroxylation is 3. The van der Waals surface area contributed by atoms with Crippen molar-refractivity contribution in [3.63, 3.8) is 0 Å². The molecule has 0 bridgehead atoms. The van der Waals surface area contributed by atoms with Crippen LogP contribution in [0.5, 0.6) is 0 Å². The first-order valence-electron chi connectivity index (χ1n) is 27.3. The lowest BCUT2D eigenvalue weighted by Crippen LogP contribution is -2.10. The van der Waals surface area contributed by atoms with Crippen LogP contribution in [0.25, 0.3) is 116 Å². The van der Waals surface area contributed by atoms with Crippen molar-refractivity contribution in [2.24, 2.45) is 0 Å². The minimum atomic E-state index is 0.830. The van der Waals surface area contributed by atoms with Gasteiger partial charge in [-0.05, 0) is 160 Å². The van der Waals surface area contributed by atoms with Gasteiger partial charge >= 0.3 is 0 Å².